The maximum atomic E-state index is 13.8. The van der Waals surface area contributed by atoms with E-state index >= 15 is 0 Å². The molecule has 0 saturated carbocycles. The topological polar surface area (TPSA) is 63.1 Å². The van der Waals surface area contributed by atoms with Crippen molar-refractivity contribution < 1.29 is 4.79 Å². The van der Waals surface area contributed by atoms with Gasteiger partial charge in [0.15, 0.2) is 5.78 Å². The molecule has 3 heterocycles. The summed E-state index contributed by atoms with van der Waals surface area (Å²) in [7, 11) is 0. The number of rotatable bonds is 3. The Morgan fingerprint density at radius 2 is 1.88 bits per heavy atom. The zero-order chi connectivity index (χ0) is 23.6. The fourth-order valence-corrected chi connectivity index (χ4v) is 6.32. The third kappa shape index (κ3) is 3.05. The molecule has 0 spiro atoms. The largest absolute Gasteiger partial charge is 0.368 e. The molecule has 1 aromatic heterocycles. The molecule has 0 atom stereocenters. The summed E-state index contributed by atoms with van der Waals surface area (Å²) in [4.78, 5) is 22.5. The molecule has 6 rings (SSSR count). The second-order valence-electron chi connectivity index (χ2n) is 10.7. The summed E-state index contributed by atoms with van der Waals surface area (Å²) in [5, 5.41) is 10.2. The second-order valence-corrected chi connectivity index (χ2v) is 10.7. The number of benzene rings is 2. The zero-order valence-electron chi connectivity index (χ0n) is 20.4. The Balaban J connectivity index is 1.40. The summed E-state index contributed by atoms with van der Waals surface area (Å²) in [6.45, 7) is 11.2. The number of likely N-dealkylation sites (tertiary alicyclic amines) is 1. The van der Waals surface area contributed by atoms with Gasteiger partial charge in [-0.15, -0.1) is 0 Å². The minimum absolute atomic E-state index is 0.0938. The molecule has 0 bridgehead atoms. The lowest BCUT2D eigenvalue weighted by atomic mass is 9.70. The second kappa shape index (κ2) is 7.71. The molecule has 0 unspecified atom stereocenters. The van der Waals surface area contributed by atoms with E-state index in [2.05, 4.69) is 53.8 Å². The number of piperidine rings is 1. The van der Waals surface area contributed by atoms with Crippen LogP contribution in [-0.4, -0.2) is 47.9 Å². The van der Waals surface area contributed by atoms with E-state index in [0.29, 0.717) is 11.6 Å². The van der Waals surface area contributed by atoms with Crippen molar-refractivity contribution >= 4 is 22.4 Å². The number of hydrogen-bond donors (Lipinski definition) is 1. The van der Waals surface area contributed by atoms with E-state index in [1.54, 1.807) is 6.07 Å². The minimum Gasteiger partial charge on any atom is -0.368 e. The standard InChI is InChI=1S/C29H32N4O/c1-4-19-13-22-23(14-25(19)33-16-20(17-33)32-10-6-5-7-11-32)29(2,3)28-26(27(22)34)21-9-8-18(15-30)12-24(21)31-28/h8-9,12-14,20,31H,4-7,10-11,16-17H2,1-3H3. The van der Waals surface area contributed by atoms with Crippen LogP contribution in [0.2, 0.25) is 0 Å². The van der Waals surface area contributed by atoms with Crippen LogP contribution in [0.5, 0.6) is 0 Å². The molecular weight excluding hydrogens is 420 g/mol. The number of hydrogen-bond acceptors (Lipinski definition) is 4. The Hall–Kier alpha value is -3.10. The summed E-state index contributed by atoms with van der Waals surface area (Å²) in [5.41, 5.74) is 7.34. The van der Waals surface area contributed by atoms with Crippen molar-refractivity contribution in [3.63, 3.8) is 0 Å². The van der Waals surface area contributed by atoms with Crippen molar-refractivity contribution in [3.05, 3.63) is 63.8 Å². The number of aromatic amines is 1. The molecule has 3 aromatic rings. The average Bonchev–Trinajstić information content (AvgIpc) is 3.22. The van der Waals surface area contributed by atoms with Gasteiger partial charge in [0.2, 0.25) is 0 Å². The molecule has 5 heteroatoms. The number of carbonyl (C=O) groups is 1. The number of nitrogens with zero attached hydrogens (tertiary/aromatic N) is 3. The molecule has 0 amide bonds. The van der Waals surface area contributed by atoms with Crippen LogP contribution in [0.25, 0.3) is 10.9 Å². The number of aromatic nitrogens is 1. The van der Waals surface area contributed by atoms with E-state index < -0.39 is 0 Å². The first-order chi connectivity index (χ1) is 16.4. The molecular formula is C29H32N4O. The van der Waals surface area contributed by atoms with Gasteiger partial charge in [-0.3, -0.25) is 9.69 Å². The summed E-state index contributed by atoms with van der Waals surface area (Å²) < 4.78 is 0. The fourth-order valence-electron chi connectivity index (χ4n) is 6.32. The first-order valence-corrected chi connectivity index (χ1v) is 12.7. The Labute approximate surface area is 201 Å². The monoisotopic (exact) mass is 452 g/mol. The molecule has 34 heavy (non-hydrogen) atoms. The van der Waals surface area contributed by atoms with E-state index in [0.717, 1.165) is 52.8 Å². The third-order valence-corrected chi connectivity index (χ3v) is 8.41. The number of ketones is 1. The highest BCUT2D eigenvalue weighted by atomic mass is 16.1. The number of H-pyrrole nitrogens is 1. The number of aryl methyl sites for hydroxylation is 1. The van der Waals surface area contributed by atoms with Crippen LogP contribution in [0.3, 0.4) is 0 Å². The Bertz CT molecular complexity index is 1350. The van der Waals surface area contributed by atoms with E-state index in [-0.39, 0.29) is 11.2 Å². The first-order valence-electron chi connectivity index (χ1n) is 12.7. The predicted molar refractivity (Wildman–Crippen MR) is 136 cm³/mol. The van der Waals surface area contributed by atoms with E-state index in [1.807, 2.05) is 12.1 Å². The number of nitriles is 1. The molecule has 174 valence electrons. The van der Waals surface area contributed by atoms with Crippen LogP contribution in [0.1, 0.15) is 78.3 Å². The zero-order valence-corrected chi connectivity index (χ0v) is 20.4. The SMILES string of the molecule is CCc1cc2c(cc1N1CC(N3CCCCC3)C1)C(C)(C)c1[nH]c3cc(C#N)ccc3c1C2=O. The highest BCUT2D eigenvalue weighted by Gasteiger charge is 2.41. The molecule has 2 aliphatic heterocycles. The summed E-state index contributed by atoms with van der Waals surface area (Å²) in [5.74, 6) is 0.0938. The lowest BCUT2D eigenvalue weighted by Crippen LogP contribution is -2.60. The van der Waals surface area contributed by atoms with Gasteiger partial charge in [0, 0.05) is 52.4 Å². The molecule has 5 nitrogen and oxygen atoms in total. The maximum absolute atomic E-state index is 13.8. The van der Waals surface area contributed by atoms with E-state index in [1.165, 1.54) is 43.6 Å². The van der Waals surface area contributed by atoms with Gasteiger partial charge < -0.3 is 9.88 Å². The van der Waals surface area contributed by atoms with Crippen molar-refractivity contribution in [1.29, 1.82) is 5.26 Å². The van der Waals surface area contributed by atoms with Crippen molar-refractivity contribution in [2.45, 2.75) is 57.9 Å². The number of nitrogens with one attached hydrogen (secondary N) is 1. The van der Waals surface area contributed by atoms with Crippen LogP contribution < -0.4 is 4.90 Å². The summed E-state index contributed by atoms with van der Waals surface area (Å²) >= 11 is 0. The Kier molecular flexibility index (Phi) is 4.86. The van der Waals surface area contributed by atoms with Crippen LogP contribution in [0, 0.1) is 11.3 Å². The highest BCUT2D eigenvalue weighted by Crippen LogP contribution is 2.46. The predicted octanol–water partition coefficient (Wildman–Crippen LogP) is 5.15. The van der Waals surface area contributed by atoms with Gasteiger partial charge in [0.1, 0.15) is 0 Å². The Morgan fingerprint density at radius 3 is 2.59 bits per heavy atom. The van der Waals surface area contributed by atoms with E-state index in [4.69, 9.17) is 0 Å². The molecule has 1 aliphatic carbocycles. The first kappa shape index (κ1) is 21.4. The summed E-state index contributed by atoms with van der Waals surface area (Å²) in [6, 6.07) is 12.9. The lowest BCUT2D eigenvalue weighted by Gasteiger charge is -2.49. The number of carbonyl (C=O) groups excluding carboxylic acids is 1. The normalized spacial score (nSPS) is 20.1. The van der Waals surface area contributed by atoms with Crippen LogP contribution in [-0.2, 0) is 11.8 Å². The van der Waals surface area contributed by atoms with Crippen molar-refractivity contribution in [2.75, 3.05) is 31.1 Å². The quantitative estimate of drug-likeness (QED) is 0.597. The van der Waals surface area contributed by atoms with Gasteiger partial charge in [0.05, 0.1) is 17.2 Å². The molecule has 3 aliphatic rings. The van der Waals surface area contributed by atoms with Gasteiger partial charge in [-0.25, -0.2) is 0 Å². The Morgan fingerprint density at radius 1 is 1.12 bits per heavy atom. The van der Waals surface area contributed by atoms with Crippen molar-refractivity contribution in [1.82, 2.24) is 9.88 Å². The molecule has 2 aromatic carbocycles. The van der Waals surface area contributed by atoms with Crippen LogP contribution in [0.15, 0.2) is 30.3 Å². The highest BCUT2D eigenvalue weighted by molar-refractivity contribution is 6.20. The maximum Gasteiger partial charge on any atom is 0.195 e. The average molecular weight is 453 g/mol. The third-order valence-electron chi connectivity index (χ3n) is 8.41. The van der Waals surface area contributed by atoms with Crippen LogP contribution in [0.4, 0.5) is 5.69 Å². The summed E-state index contributed by atoms with van der Waals surface area (Å²) in [6.07, 6.45) is 4.94. The van der Waals surface area contributed by atoms with Gasteiger partial charge in [0.25, 0.3) is 0 Å². The minimum atomic E-state index is -0.331. The molecule has 2 saturated heterocycles. The van der Waals surface area contributed by atoms with E-state index in [9.17, 15) is 10.1 Å². The molecule has 1 N–H and O–H groups in total. The molecule has 2 fully saturated rings. The smallest absolute Gasteiger partial charge is 0.195 e. The lowest BCUT2D eigenvalue weighted by molar-refractivity contribution is 0.103. The van der Waals surface area contributed by atoms with Crippen molar-refractivity contribution in [3.8, 4) is 6.07 Å². The van der Waals surface area contributed by atoms with Gasteiger partial charge in [-0.1, -0.05) is 33.3 Å². The fraction of sp³-hybridized carbons (Fsp3) is 0.448. The number of anilines is 1. The van der Waals surface area contributed by atoms with Crippen LogP contribution >= 0.6 is 0 Å². The van der Waals surface area contributed by atoms with Gasteiger partial charge >= 0.3 is 0 Å². The van der Waals surface area contributed by atoms with Gasteiger partial charge in [-0.2, -0.15) is 5.26 Å². The van der Waals surface area contributed by atoms with Gasteiger partial charge in [-0.05, 0) is 67.7 Å². The number of fused-ring (bicyclic) bond motifs is 4. The van der Waals surface area contributed by atoms with Crippen molar-refractivity contribution in [2.24, 2.45) is 0 Å². The molecule has 0 radical (unpaired) electrons.